The van der Waals surface area contributed by atoms with Crippen molar-refractivity contribution in [1.29, 1.82) is 0 Å². The number of para-hydroxylation sites is 1. The van der Waals surface area contributed by atoms with Crippen molar-refractivity contribution in [2.75, 3.05) is 11.9 Å². The second kappa shape index (κ2) is 13.0. The molecule has 3 rings (SSSR count). The van der Waals surface area contributed by atoms with Gasteiger partial charge in [0.2, 0.25) is 5.91 Å². The van der Waals surface area contributed by atoms with Crippen molar-refractivity contribution in [3.05, 3.63) is 52.6 Å². The molecule has 42 heavy (non-hydrogen) atoms. The van der Waals surface area contributed by atoms with Crippen molar-refractivity contribution in [3.8, 4) is 5.75 Å². The Morgan fingerprint density at radius 1 is 1.10 bits per heavy atom. The maximum Gasteiger partial charge on any atom is 0.408 e. The predicted octanol–water partition coefficient (Wildman–Crippen LogP) is 0.980. The third-order valence-corrected chi connectivity index (χ3v) is 6.40. The van der Waals surface area contributed by atoms with E-state index < -0.39 is 71.9 Å². The van der Waals surface area contributed by atoms with Crippen LogP contribution in [0.1, 0.15) is 59.8 Å². The number of amides is 2. The van der Waals surface area contributed by atoms with Gasteiger partial charge in [0.05, 0.1) is 6.61 Å². The summed E-state index contributed by atoms with van der Waals surface area (Å²) in [5.74, 6) is -1.06. The zero-order valence-corrected chi connectivity index (χ0v) is 24.4. The largest absolute Gasteiger partial charge is 0.444 e. The molecule has 0 radical (unpaired) electrons. The SMILES string of the molecule is C[C@H](NC(=O)OC(C)(C)C)C(=O)Oc1ccccc1C(C)(C)CC(=O)Nc1ccn([C@@H]2O[C@H](CO)[C@@H](O)[C@@H]2O)c(=O)n1. The minimum atomic E-state index is -1.46. The van der Waals surface area contributed by atoms with Gasteiger partial charge in [-0.2, -0.15) is 4.98 Å². The van der Waals surface area contributed by atoms with Crippen molar-refractivity contribution >= 4 is 23.8 Å². The molecule has 1 aliphatic heterocycles. The third kappa shape index (κ3) is 8.12. The van der Waals surface area contributed by atoms with Gasteiger partial charge in [-0.25, -0.2) is 14.4 Å². The predicted molar refractivity (Wildman–Crippen MR) is 149 cm³/mol. The quantitative estimate of drug-likeness (QED) is 0.206. The molecular formula is C28H38N4O10. The number of aromatic nitrogens is 2. The first-order chi connectivity index (χ1) is 19.5. The molecule has 14 heteroatoms. The molecule has 5 atom stereocenters. The van der Waals surface area contributed by atoms with Crippen LogP contribution in [-0.4, -0.2) is 79.4 Å². The highest BCUT2D eigenvalue weighted by Gasteiger charge is 2.43. The van der Waals surface area contributed by atoms with E-state index in [4.69, 9.17) is 14.2 Å². The van der Waals surface area contributed by atoms with Crippen LogP contribution < -0.4 is 21.1 Å². The number of benzene rings is 1. The van der Waals surface area contributed by atoms with Crippen LogP contribution in [-0.2, 0) is 24.5 Å². The molecule has 5 N–H and O–H groups in total. The monoisotopic (exact) mass is 590 g/mol. The first-order valence-electron chi connectivity index (χ1n) is 13.3. The fourth-order valence-electron chi connectivity index (χ4n) is 4.32. The van der Waals surface area contributed by atoms with Gasteiger partial charge in [0.25, 0.3) is 0 Å². The summed E-state index contributed by atoms with van der Waals surface area (Å²) in [6, 6.07) is 7.00. The number of anilines is 1. The lowest BCUT2D eigenvalue weighted by molar-refractivity contribution is -0.136. The molecule has 1 fully saturated rings. The number of rotatable bonds is 9. The number of hydrogen-bond acceptors (Lipinski definition) is 11. The molecular weight excluding hydrogens is 552 g/mol. The molecule has 2 amide bonds. The van der Waals surface area contributed by atoms with E-state index >= 15 is 0 Å². The molecule has 2 heterocycles. The highest BCUT2D eigenvalue weighted by atomic mass is 16.6. The van der Waals surface area contributed by atoms with Crippen molar-refractivity contribution in [1.82, 2.24) is 14.9 Å². The Labute approximate surface area is 242 Å². The van der Waals surface area contributed by atoms with Crippen LogP contribution in [0.5, 0.6) is 5.75 Å². The lowest BCUT2D eigenvalue weighted by Crippen LogP contribution is -2.43. The van der Waals surface area contributed by atoms with Crippen LogP contribution in [0.25, 0.3) is 0 Å². The molecule has 1 saturated heterocycles. The minimum absolute atomic E-state index is 0.0504. The van der Waals surface area contributed by atoms with E-state index in [-0.39, 0.29) is 18.0 Å². The van der Waals surface area contributed by atoms with Crippen LogP contribution in [0.3, 0.4) is 0 Å². The Hall–Kier alpha value is -3.85. The summed E-state index contributed by atoms with van der Waals surface area (Å²) >= 11 is 0. The van der Waals surface area contributed by atoms with E-state index in [0.717, 1.165) is 4.57 Å². The topological polar surface area (TPSA) is 199 Å². The normalized spacial score (nSPS) is 21.4. The van der Waals surface area contributed by atoms with E-state index in [0.29, 0.717) is 5.56 Å². The maximum atomic E-state index is 13.0. The van der Waals surface area contributed by atoms with Crippen LogP contribution in [0.2, 0.25) is 0 Å². The van der Waals surface area contributed by atoms with E-state index in [9.17, 15) is 34.5 Å². The Morgan fingerprint density at radius 3 is 2.36 bits per heavy atom. The molecule has 0 aliphatic carbocycles. The number of carbonyl (C=O) groups is 3. The van der Waals surface area contributed by atoms with Crippen LogP contribution >= 0.6 is 0 Å². The number of nitrogens with one attached hydrogen (secondary N) is 2. The Kier molecular flexibility index (Phi) is 10.1. The standard InChI is InChI=1S/C28H38N4O10/c1-15(29-26(39)42-27(2,3)4)24(37)41-17-10-8-7-9-16(17)28(5,6)13-20(34)30-19-11-12-32(25(38)31-19)23-22(36)21(35)18(14-33)40-23/h7-12,15,18,21-23,33,35-36H,13-14H2,1-6H3,(H,29,39)(H,30,31,34,38)/t15-,18+,21+,22-,23+/m0/s1. The first kappa shape index (κ1) is 32.7. The Balaban J connectivity index is 1.67. The van der Waals surface area contributed by atoms with Gasteiger partial charge >= 0.3 is 17.8 Å². The summed E-state index contributed by atoms with van der Waals surface area (Å²) in [6.07, 6.45) is -4.79. The van der Waals surface area contributed by atoms with Gasteiger partial charge in [0.1, 0.15) is 41.5 Å². The summed E-state index contributed by atoms with van der Waals surface area (Å²) in [6.45, 7) is 9.55. The minimum Gasteiger partial charge on any atom is -0.444 e. The fraction of sp³-hybridized carbons (Fsp3) is 0.536. The van der Waals surface area contributed by atoms with E-state index in [1.54, 1.807) is 58.9 Å². The molecule has 0 spiro atoms. The van der Waals surface area contributed by atoms with Crippen LogP contribution in [0, 0.1) is 0 Å². The summed E-state index contributed by atoms with van der Waals surface area (Å²) in [5.41, 5.74) is -1.90. The van der Waals surface area contributed by atoms with Gasteiger partial charge in [-0.15, -0.1) is 0 Å². The van der Waals surface area contributed by atoms with Crippen molar-refractivity contribution in [2.45, 2.75) is 89.6 Å². The zero-order chi connectivity index (χ0) is 31.4. The zero-order valence-electron chi connectivity index (χ0n) is 24.4. The van der Waals surface area contributed by atoms with E-state index in [1.807, 2.05) is 0 Å². The second-order valence-electron chi connectivity index (χ2n) is 11.6. The van der Waals surface area contributed by atoms with Gasteiger partial charge in [-0.3, -0.25) is 9.36 Å². The first-order valence-corrected chi connectivity index (χ1v) is 13.3. The smallest absolute Gasteiger partial charge is 0.408 e. The molecule has 0 bridgehead atoms. The molecule has 14 nitrogen and oxygen atoms in total. The van der Waals surface area contributed by atoms with E-state index in [1.165, 1.54) is 19.2 Å². The Bertz CT molecular complexity index is 1350. The number of carbonyl (C=O) groups excluding carboxylic acids is 3. The summed E-state index contributed by atoms with van der Waals surface area (Å²) in [4.78, 5) is 54.1. The molecule has 0 saturated carbocycles. The lowest BCUT2D eigenvalue weighted by atomic mass is 9.80. The molecule has 0 unspecified atom stereocenters. The van der Waals surface area contributed by atoms with Crippen molar-refractivity contribution < 1.29 is 43.9 Å². The van der Waals surface area contributed by atoms with Gasteiger partial charge in [-0.05, 0) is 39.8 Å². The molecule has 1 aliphatic rings. The molecule has 1 aromatic heterocycles. The summed E-state index contributed by atoms with van der Waals surface area (Å²) in [7, 11) is 0. The van der Waals surface area contributed by atoms with Gasteiger partial charge in [0, 0.05) is 23.6 Å². The van der Waals surface area contributed by atoms with Crippen LogP contribution in [0.15, 0.2) is 41.3 Å². The number of hydrogen-bond donors (Lipinski definition) is 5. The highest BCUT2D eigenvalue weighted by Crippen LogP contribution is 2.35. The van der Waals surface area contributed by atoms with Gasteiger partial charge < -0.3 is 40.2 Å². The summed E-state index contributed by atoms with van der Waals surface area (Å²) < 4.78 is 17.0. The molecule has 230 valence electrons. The number of aliphatic hydroxyl groups excluding tert-OH is 3. The van der Waals surface area contributed by atoms with E-state index in [2.05, 4.69) is 15.6 Å². The van der Waals surface area contributed by atoms with Crippen LogP contribution in [0.4, 0.5) is 10.6 Å². The number of ether oxygens (including phenoxy) is 3. The van der Waals surface area contributed by atoms with Gasteiger partial charge in [0.15, 0.2) is 6.23 Å². The lowest BCUT2D eigenvalue weighted by Gasteiger charge is -2.27. The van der Waals surface area contributed by atoms with Crippen molar-refractivity contribution in [3.63, 3.8) is 0 Å². The second-order valence-corrected chi connectivity index (χ2v) is 11.6. The summed E-state index contributed by atoms with van der Waals surface area (Å²) in [5, 5.41) is 34.4. The average Bonchev–Trinajstić information content (AvgIpc) is 3.16. The molecule has 2 aromatic rings. The highest BCUT2D eigenvalue weighted by molar-refractivity contribution is 5.90. The fourth-order valence-corrected chi connectivity index (χ4v) is 4.32. The van der Waals surface area contributed by atoms with Gasteiger partial charge in [-0.1, -0.05) is 32.0 Å². The molecule has 1 aromatic carbocycles. The third-order valence-electron chi connectivity index (χ3n) is 6.40. The van der Waals surface area contributed by atoms with Crippen molar-refractivity contribution in [2.24, 2.45) is 0 Å². The number of nitrogens with zero attached hydrogens (tertiary/aromatic N) is 2. The number of aliphatic hydroxyl groups is 3. The Morgan fingerprint density at radius 2 is 1.76 bits per heavy atom. The average molecular weight is 591 g/mol. The number of esters is 1. The number of alkyl carbamates (subject to hydrolysis) is 1. The maximum absolute atomic E-state index is 13.0.